The Balaban J connectivity index is 1.44. The Morgan fingerprint density at radius 2 is 1.66 bits per heavy atom. The van der Waals surface area contributed by atoms with Gasteiger partial charge in [-0.2, -0.15) is 0 Å². The largest absolute Gasteiger partial charge is 0.353 e. The van der Waals surface area contributed by atoms with E-state index in [1.54, 1.807) is 11.8 Å². The van der Waals surface area contributed by atoms with Crippen LogP contribution in [0.4, 0.5) is 16.3 Å². The number of carbonyl (C=O) groups excluding carboxylic acids is 1. The second-order valence-electron chi connectivity index (χ2n) is 7.95. The maximum absolute atomic E-state index is 12.7. The van der Waals surface area contributed by atoms with E-state index in [0.29, 0.717) is 13.1 Å². The number of hydrogen-bond donors (Lipinski definition) is 1. The van der Waals surface area contributed by atoms with Crippen LogP contribution in [0.5, 0.6) is 0 Å². The molecular formula is C25H29N5OS. The molecule has 0 unspecified atom stereocenters. The average Bonchev–Trinajstić information content (AvgIpc) is 2.82. The fourth-order valence-electron chi connectivity index (χ4n) is 3.98. The molecule has 1 N–H and O–H groups in total. The van der Waals surface area contributed by atoms with E-state index in [-0.39, 0.29) is 6.03 Å². The van der Waals surface area contributed by atoms with Crippen LogP contribution in [-0.2, 0) is 6.42 Å². The summed E-state index contributed by atoms with van der Waals surface area (Å²) in [5, 5.41) is 3.01. The van der Waals surface area contributed by atoms with Gasteiger partial charge in [0.15, 0.2) is 0 Å². The van der Waals surface area contributed by atoms with Gasteiger partial charge in [-0.15, -0.1) is 11.8 Å². The zero-order chi connectivity index (χ0) is 22.5. The molecule has 2 aromatic carbocycles. The lowest BCUT2D eigenvalue weighted by Gasteiger charge is -2.36. The molecule has 0 spiro atoms. The van der Waals surface area contributed by atoms with Crippen molar-refractivity contribution >= 4 is 29.3 Å². The molecule has 2 heterocycles. The summed E-state index contributed by atoms with van der Waals surface area (Å²) in [5.74, 6) is 1.77. The summed E-state index contributed by atoms with van der Waals surface area (Å²) < 4.78 is 0. The molecule has 1 aliphatic rings. The summed E-state index contributed by atoms with van der Waals surface area (Å²) in [6.45, 7) is 6.80. The Bertz CT molecular complexity index is 1060. The molecule has 32 heavy (non-hydrogen) atoms. The predicted octanol–water partition coefficient (Wildman–Crippen LogP) is 4.76. The smallest absolute Gasteiger partial charge is 0.321 e. The number of aromatic nitrogens is 2. The lowest BCUT2D eigenvalue weighted by molar-refractivity contribution is 0.208. The van der Waals surface area contributed by atoms with E-state index < -0.39 is 0 Å². The van der Waals surface area contributed by atoms with Gasteiger partial charge < -0.3 is 15.1 Å². The first-order chi connectivity index (χ1) is 15.5. The van der Waals surface area contributed by atoms with E-state index >= 15 is 0 Å². The van der Waals surface area contributed by atoms with Crippen LogP contribution >= 0.6 is 11.8 Å². The van der Waals surface area contributed by atoms with E-state index in [1.807, 2.05) is 48.4 Å². The van der Waals surface area contributed by atoms with Gasteiger partial charge in [-0.05, 0) is 49.9 Å². The van der Waals surface area contributed by atoms with Gasteiger partial charge in [0.25, 0.3) is 0 Å². The third-order valence-corrected chi connectivity index (χ3v) is 6.48. The quantitative estimate of drug-likeness (QED) is 0.572. The Labute approximate surface area is 194 Å². The Morgan fingerprint density at radius 1 is 0.969 bits per heavy atom. The molecule has 0 aliphatic carbocycles. The maximum Gasteiger partial charge on any atom is 0.321 e. The number of urea groups is 1. The van der Waals surface area contributed by atoms with Gasteiger partial charge in [-0.3, -0.25) is 0 Å². The highest BCUT2D eigenvalue weighted by Crippen LogP contribution is 2.25. The van der Waals surface area contributed by atoms with E-state index in [1.165, 1.54) is 10.5 Å². The molecule has 0 atom stereocenters. The minimum absolute atomic E-state index is 0.0545. The number of anilines is 2. The fourth-order valence-corrected chi connectivity index (χ4v) is 4.39. The van der Waals surface area contributed by atoms with Crippen molar-refractivity contribution < 1.29 is 4.79 Å². The van der Waals surface area contributed by atoms with Crippen LogP contribution in [0, 0.1) is 13.8 Å². The molecule has 3 aromatic rings. The number of nitrogens with one attached hydrogen (secondary N) is 1. The first-order valence-corrected chi connectivity index (χ1v) is 12.1. The lowest BCUT2D eigenvalue weighted by atomic mass is 10.0. The van der Waals surface area contributed by atoms with Gasteiger partial charge in [0, 0.05) is 54.4 Å². The number of aryl methyl sites for hydroxylation is 2. The summed E-state index contributed by atoms with van der Waals surface area (Å²) in [6, 6.07) is 18.3. The van der Waals surface area contributed by atoms with E-state index in [9.17, 15) is 4.79 Å². The molecule has 2 amide bonds. The topological polar surface area (TPSA) is 61.4 Å². The molecule has 0 saturated carbocycles. The molecule has 6 nitrogen and oxygen atoms in total. The molecular weight excluding hydrogens is 418 g/mol. The van der Waals surface area contributed by atoms with Crippen LogP contribution in [0.15, 0.2) is 59.5 Å². The van der Waals surface area contributed by atoms with Crippen molar-refractivity contribution in [1.29, 1.82) is 0 Å². The zero-order valence-electron chi connectivity index (χ0n) is 18.8. The summed E-state index contributed by atoms with van der Waals surface area (Å²) in [6.07, 6.45) is 2.84. The second kappa shape index (κ2) is 10.0. The molecule has 4 rings (SSSR count). The maximum atomic E-state index is 12.7. The van der Waals surface area contributed by atoms with Gasteiger partial charge in [0.05, 0.1) is 0 Å². The van der Waals surface area contributed by atoms with Crippen molar-refractivity contribution in [2.24, 2.45) is 0 Å². The molecule has 0 bridgehead atoms. The van der Waals surface area contributed by atoms with Gasteiger partial charge >= 0.3 is 6.03 Å². The summed E-state index contributed by atoms with van der Waals surface area (Å²) in [4.78, 5) is 27.5. The standard InChI is InChI=1S/C25H29N5OS/c1-18-23(17-20-7-5-4-6-8-20)24(27-19(2)26-18)29-13-15-30(16-14-29)25(31)28-21-9-11-22(32-3)12-10-21/h4-12H,13-17H2,1-3H3,(H,28,31). The van der Waals surface area contributed by atoms with Crippen molar-refractivity contribution in [3.63, 3.8) is 0 Å². The molecule has 1 aliphatic heterocycles. The number of carbonyl (C=O) groups is 1. The molecule has 0 radical (unpaired) electrons. The van der Waals surface area contributed by atoms with Crippen LogP contribution in [0.1, 0.15) is 22.6 Å². The first-order valence-electron chi connectivity index (χ1n) is 10.9. The Morgan fingerprint density at radius 3 is 2.31 bits per heavy atom. The minimum atomic E-state index is -0.0545. The highest BCUT2D eigenvalue weighted by molar-refractivity contribution is 7.98. The van der Waals surface area contributed by atoms with Crippen LogP contribution < -0.4 is 10.2 Å². The van der Waals surface area contributed by atoms with E-state index in [2.05, 4.69) is 46.4 Å². The third kappa shape index (κ3) is 5.22. The van der Waals surface area contributed by atoms with Crippen molar-refractivity contribution in [2.45, 2.75) is 25.2 Å². The van der Waals surface area contributed by atoms with E-state index in [0.717, 1.165) is 48.1 Å². The van der Waals surface area contributed by atoms with Crippen LogP contribution in [0.3, 0.4) is 0 Å². The molecule has 1 aromatic heterocycles. The molecule has 166 valence electrons. The highest BCUT2D eigenvalue weighted by atomic mass is 32.2. The number of hydrogen-bond acceptors (Lipinski definition) is 5. The van der Waals surface area contributed by atoms with Gasteiger partial charge in [0.1, 0.15) is 11.6 Å². The lowest BCUT2D eigenvalue weighted by Crippen LogP contribution is -2.50. The van der Waals surface area contributed by atoms with Crippen molar-refractivity contribution in [3.8, 4) is 0 Å². The summed E-state index contributed by atoms with van der Waals surface area (Å²) in [7, 11) is 0. The van der Waals surface area contributed by atoms with Gasteiger partial charge in [-0.1, -0.05) is 30.3 Å². The highest BCUT2D eigenvalue weighted by Gasteiger charge is 2.25. The Hall–Kier alpha value is -3.06. The predicted molar refractivity (Wildman–Crippen MR) is 132 cm³/mol. The normalized spacial score (nSPS) is 13.8. The minimum Gasteiger partial charge on any atom is -0.353 e. The van der Waals surface area contributed by atoms with Crippen LogP contribution in [0.25, 0.3) is 0 Å². The van der Waals surface area contributed by atoms with Gasteiger partial charge in [-0.25, -0.2) is 14.8 Å². The number of nitrogens with zero attached hydrogens (tertiary/aromatic N) is 4. The van der Waals surface area contributed by atoms with Crippen LogP contribution in [0.2, 0.25) is 0 Å². The fraction of sp³-hybridized carbons (Fsp3) is 0.320. The number of benzene rings is 2. The first kappa shape index (κ1) is 22.1. The number of piperazine rings is 1. The average molecular weight is 448 g/mol. The number of amides is 2. The van der Waals surface area contributed by atoms with Crippen molar-refractivity contribution in [2.75, 3.05) is 42.7 Å². The van der Waals surface area contributed by atoms with E-state index in [4.69, 9.17) is 4.98 Å². The number of thioether (sulfide) groups is 1. The molecule has 1 fully saturated rings. The number of rotatable bonds is 5. The SMILES string of the molecule is CSc1ccc(NC(=O)N2CCN(c3nc(C)nc(C)c3Cc3ccccc3)CC2)cc1. The summed E-state index contributed by atoms with van der Waals surface area (Å²) in [5.41, 5.74) is 4.25. The molecule has 1 saturated heterocycles. The third-order valence-electron chi connectivity index (χ3n) is 5.74. The monoisotopic (exact) mass is 447 g/mol. The van der Waals surface area contributed by atoms with Crippen molar-refractivity contribution in [1.82, 2.24) is 14.9 Å². The summed E-state index contributed by atoms with van der Waals surface area (Å²) >= 11 is 1.69. The Kier molecular flexibility index (Phi) is 6.95. The van der Waals surface area contributed by atoms with Crippen LogP contribution in [-0.4, -0.2) is 53.3 Å². The molecule has 7 heteroatoms. The zero-order valence-corrected chi connectivity index (χ0v) is 19.7. The second-order valence-corrected chi connectivity index (χ2v) is 8.83. The van der Waals surface area contributed by atoms with Crippen molar-refractivity contribution in [3.05, 3.63) is 77.2 Å². The van der Waals surface area contributed by atoms with Gasteiger partial charge in [0.2, 0.25) is 0 Å².